The van der Waals surface area contributed by atoms with E-state index in [9.17, 15) is 9.59 Å². The van der Waals surface area contributed by atoms with Gasteiger partial charge in [0.2, 0.25) is 5.91 Å². The van der Waals surface area contributed by atoms with E-state index in [2.05, 4.69) is 10.6 Å². The van der Waals surface area contributed by atoms with Gasteiger partial charge in [0, 0.05) is 19.0 Å². The predicted octanol–water partition coefficient (Wildman–Crippen LogP) is 1.67. The maximum absolute atomic E-state index is 12.0. The van der Waals surface area contributed by atoms with E-state index in [-0.39, 0.29) is 17.7 Å². The van der Waals surface area contributed by atoms with E-state index in [4.69, 9.17) is 5.11 Å². The van der Waals surface area contributed by atoms with E-state index >= 15 is 0 Å². The number of aliphatic carboxylic acids is 1. The fraction of sp³-hybridized carbons (Fsp3) is 0.867. The van der Waals surface area contributed by atoms with Gasteiger partial charge in [-0.3, -0.25) is 9.59 Å². The summed E-state index contributed by atoms with van der Waals surface area (Å²) in [6, 6.07) is 0.711. The fourth-order valence-electron chi connectivity index (χ4n) is 3.17. The van der Waals surface area contributed by atoms with Gasteiger partial charge < -0.3 is 15.7 Å². The number of carboxylic acids is 1. The molecule has 0 spiro atoms. The Morgan fingerprint density at radius 3 is 2.40 bits per heavy atom. The number of carbonyl (C=O) groups is 2. The minimum absolute atomic E-state index is 0.0135. The Morgan fingerprint density at radius 2 is 1.80 bits per heavy atom. The van der Waals surface area contributed by atoms with Crippen LogP contribution in [0.3, 0.4) is 0 Å². The maximum atomic E-state index is 12.0. The average Bonchev–Trinajstić information content (AvgIpc) is 3.09. The van der Waals surface area contributed by atoms with Crippen LogP contribution in [0, 0.1) is 5.41 Å². The molecule has 0 aromatic carbocycles. The summed E-state index contributed by atoms with van der Waals surface area (Å²) in [5.74, 6) is -0.770. The highest BCUT2D eigenvalue weighted by Crippen LogP contribution is 2.43. The molecule has 2 aliphatic carbocycles. The zero-order chi connectivity index (χ0) is 14.4. The third-order valence-corrected chi connectivity index (χ3v) is 4.41. The van der Waals surface area contributed by atoms with Crippen LogP contribution < -0.4 is 10.6 Å². The number of rotatable bonds is 9. The highest BCUT2D eigenvalue weighted by Gasteiger charge is 2.37. The van der Waals surface area contributed by atoms with Crippen molar-refractivity contribution in [2.45, 2.75) is 63.8 Å². The molecule has 2 aliphatic rings. The largest absolute Gasteiger partial charge is 0.481 e. The fourth-order valence-corrected chi connectivity index (χ4v) is 3.17. The molecule has 3 N–H and O–H groups in total. The Hall–Kier alpha value is -1.10. The molecule has 0 unspecified atom stereocenters. The van der Waals surface area contributed by atoms with Crippen LogP contribution in [0.4, 0.5) is 0 Å². The van der Waals surface area contributed by atoms with E-state index < -0.39 is 5.97 Å². The first-order valence-electron chi connectivity index (χ1n) is 7.82. The summed E-state index contributed by atoms with van der Waals surface area (Å²) in [6.45, 7) is 1.63. The van der Waals surface area contributed by atoms with Gasteiger partial charge in [-0.2, -0.15) is 0 Å². The summed E-state index contributed by atoms with van der Waals surface area (Å²) in [4.78, 5) is 22.9. The van der Waals surface area contributed by atoms with Crippen molar-refractivity contribution in [1.82, 2.24) is 10.6 Å². The molecule has 0 aliphatic heterocycles. The maximum Gasteiger partial charge on any atom is 0.303 e. The van der Waals surface area contributed by atoms with Crippen LogP contribution in [0.25, 0.3) is 0 Å². The molecule has 2 rings (SSSR count). The van der Waals surface area contributed by atoms with E-state index in [1.54, 1.807) is 0 Å². The second kappa shape index (κ2) is 7.07. The van der Waals surface area contributed by atoms with E-state index in [0.717, 1.165) is 38.6 Å². The summed E-state index contributed by atoms with van der Waals surface area (Å²) in [5, 5.41) is 15.4. The summed E-state index contributed by atoms with van der Waals surface area (Å²) in [6.07, 6.45) is 7.84. The lowest BCUT2D eigenvalue weighted by molar-refractivity contribution is -0.140. The molecule has 0 aromatic rings. The predicted molar refractivity (Wildman–Crippen MR) is 76.4 cm³/mol. The van der Waals surface area contributed by atoms with Gasteiger partial charge in [0.25, 0.3) is 0 Å². The number of carbonyl (C=O) groups excluding carboxylic acids is 1. The second-order valence-corrected chi connectivity index (χ2v) is 6.39. The highest BCUT2D eigenvalue weighted by molar-refractivity contribution is 5.78. The van der Waals surface area contributed by atoms with Gasteiger partial charge in [0.15, 0.2) is 0 Å². The molecule has 2 saturated carbocycles. The van der Waals surface area contributed by atoms with Crippen LogP contribution in [0.15, 0.2) is 0 Å². The van der Waals surface area contributed by atoms with Crippen molar-refractivity contribution in [1.29, 1.82) is 0 Å². The van der Waals surface area contributed by atoms with Gasteiger partial charge in [-0.1, -0.05) is 12.8 Å². The lowest BCUT2D eigenvalue weighted by Crippen LogP contribution is -2.33. The zero-order valence-electron chi connectivity index (χ0n) is 12.1. The molecule has 0 bridgehead atoms. The number of hydrogen-bond donors (Lipinski definition) is 3. The first-order valence-corrected chi connectivity index (χ1v) is 7.82. The van der Waals surface area contributed by atoms with Crippen molar-refractivity contribution < 1.29 is 14.7 Å². The van der Waals surface area contributed by atoms with Crippen molar-refractivity contribution in [3.05, 3.63) is 0 Å². The van der Waals surface area contributed by atoms with Crippen LogP contribution in [-0.2, 0) is 9.59 Å². The quantitative estimate of drug-likeness (QED) is 0.562. The van der Waals surface area contributed by atoms with Gasteiger partial charge in [-0.15, -0.1) is 0 Å². The smallest absolute Gasteiger partial charge is 0.303 e. The summed E-state index contributed by atoms with van der Waals surface area (Å²) >= 11 is 0. The minimum Gasteiger partial charge on any atom is -0.481 e. The molecular weight excluding hydrogens is 256 g/mol. The molecule has 5 nitrogen and oxygen atoms in total. The van der Waals surface area contributed by atoms with Crippen LogP contribution in [0.2, 0.25) is 0 Å². The van der Waals surface area contributed by atoms with Gasteiger partial charge >= 0.3 is 5.97 Å². The molecule has 0 saturated heterocycles. The topological polar surface area (TPSA) is 78.4 Å². The third-order valence-electron chi connectivity index (χ3n) is 4.41. The van der Waals surface area contributed by atoms with Crippen LogP contribution >= 0.6 is 0 Å². The molecule has 2 fully saturated rings. The van der Waals surface area contributed by atoms with Crippen molar-refractivity contribution >= 4 is 11.9 Å². The van der Waals surface area contributed by atoms with Crippen molar-refractivity contribution in [2.75, 3.05) is 13.1 Å². The Kier molecular flexibility index (Phi) is 5.40. The SMILES string of the molecule is O=C(O)CC1(CC(=O)NCCCNC2CC2)CCCC1. The standard InChI is InChI=1S/C15H26N2O3/c18-13(17-9-3-8-16-12-4-5-12)10-15(11-14(19)20)6-1-2-7-15/h12,16H,1-11H2,(H,17,18)(H,19,20). The zero-order valence-corrected chi connectivity index (χ0v) is 12.1. The van der Waals surface area contributed by atoms with Gasteiger partial charge in [0.1, 0.15) is 0 Å². The van der Waals surface area contributed by atoms with E-state index in [1.807, 2.05) is 0 Å². The Labute approximate surface area is 120 Å². The molecule has 0 aromatic heterocycles. The molecule has 20 heavy (non-hydrogen) atoms. The normalized spacial score (nSPS) is 20.8. The van der Waals surface area contributed by atoms with Crippen molar-refractivity contribution in [3.8, 4) is 0 Å². The first kappa shape index (κ1) is 15.3. The second-order valence-electron chi connectivity index (χ2n) is 6.39. The lowest BCUT2D eigenvalue weighted by Gasteiger charge is -2.26. The number of amides is 1. The van der Waals surface area contributed by atoms with E-state index in [1.165, 1.54) is 12.8 Å². The van der Waals surface area contributed by atoms with Gasteiger partial charge in [0.05, 0.1) is 6.42 Å². The Bertz CT molecular complexity index is 347. The molecule has 1 amide bonds. The Balaban J connectivity index is 1.64. The number of carboxylic acid groups (broad SMARTS) is 1. The van der Waals surface area contributed by atoms with Crippen LogP contribution in [0.1, 0.15) is 57.8 Å². The van der Waals surface area contributed by atoms with Crippen LogP contribution in [0.5, 0.6) is 0 Å². The number of nitrogens with one attached hydrogen (secondary N) is 2. The average molecular weight is 282 g/mol. The summed E-state index contributed by atoms with van der Waals surface area (Å²) in [5.41, 5.74) is -0.290. The highest BCUT2D eigenvalue weighted by atomic mass is 16.4. The molecule has 0 atom stereocenters. The summed E-state index contributed by atoms with van der Waals surface area (Å²) < 4.78 is 0. The summed E-state index contributed by atoms with van der Waals surface area (Å²) in [7, 11) is 0. The van der Waals surface area contributed by atoms with Gasteiger partial charge in [-0.05, 0) is 44.1 Å². The number of hydrogen-bond acceptors (Lipinski definition) is 3. The van der Waals surface area contributed by atoms with Crippen molar-refractivity contribution in [2.24, 2.45) is 5.41 Å². The van der Waals surface area contributed by atoms with Crippen molar-refractivity contribution in [3.63, 3.8) is 0 Å². The Morgan fingerprint density at radius 1 is 1.10 bits per heavy atom. The monoisotopic (exact) mass is 282 g/mol. The van der Waals surface area contributed by atoms with E-state index in [0.29, 0.717) is 19.0 Å². The minimum atomic E-state index is -0.784. The molecule has 0 radical (unpaired) electrons. The molecular formula is C15H26N2O3. The first-order chi connectivity index (χ1) is 9.60. The lowest BCUT2D eigenvalue weighted by atomic mass is 9.79. The third kappa shape index (κ3) is 5.12. The molecule has 0 heterocycles. The van der Waals surface area contributed by atoms with Gasteiger partial charge in [-0.25, -0.2) is 0 Å². The molecule has 114 valence electrons. The van der Waals surface area contributed by atoms with Crippen LogP contribution in [-0.4, -0.2) is 36.1 Å². The molecule has 5 heteroatoms.